The van der Waals surface area contributed by atoms with Gasteiger partial charge >= 0.3 is 0 Å². The van der Waals surface area contributed by atoms with Crippen molar-refractivity contribution in [3.8, 4) is 0 Å². The van der Waals surface area contributed by atoms with E-state index in [0.29, 0.717) is 0 Å². The number of benzene rings is 1. The summed E-state index contributed by atoms with van der Waals surface area (Å²) in [5.74, 6) is 0.554. The highest BCUT2D eigenvalue weighted by molar-refractivity contribution is 5.42. The van der Waals surface area contributed by atoms with E-state index in [1.165, 1.54) is 31.5 Å². The third-order valence-electron chi connectivity index (χ3n) is 3.76. The van der Waals surface area contributed by atoms with E-state index in [4.69, 9.17) is 0 Å². The fourth-order valence-electron chi connectivity index (χ4n) is 2.80. The Bertz CT molecular complexity index is 361. The van der Waals surface area contributed by atoms with Crippen LogP contribution in [0.1, 0.15) is 26.7 Å². The van der Waals surface area contributed by atoms with E-state index in [1.54, 1.807) is 12.1 Å². The maximum absolute atomic E-state index is 12.8. The first-order valence-corrected chi connectivity index (χ1v) is 6.90. The van der Waals surface area contributed by atoms with Gasteiger partial charge in [0.05, 0.1) is 0 Å². The van der Waals surface area contributed by atoms with Crippen molar-refractivity contribution in [2.24, 2.45) is 5.92 Å². The molecule has 1 heterocycles. The fraction of sp³-hybridized carbons (Fsp3) is 0.600. The largest absolute Gasteiger partial charge is 0.384 e. The second-order valence-electron chi connectivity index (χ2n) is 5.42. The van der Waals surface area contributed by atoms with E-state index in [-0.39, 0.29) is 5.82 Å². The third kappa shape index (κ3) is 3.45. The summed E-state index contributed by atoms with van der Waals surface area (Å²) >= 11 is 0. The number of likely N-dealkylation sites (tertiary alicyclic amines) is 1. The fourth-order valence-corrected chi connectivity index (χ4v) is 2.80. The summed E-state index contributed by atoms with van der Waals surface area (Å²) in [4.78, 5) is 2.57. The van der Waals surface area contributed by atoms with Crippen LogP contribution in [0.3, 0.4) is 0 Å². The number of hydrogen-bond donors (Lipinski definition) is 1. The zero-order valence-electron chi connectivity index (χ0n) is 11.3. The molecule has 0 bridgehead atoms. The predicted molar refractivity (Wildman–Crippen MR) is 74.3 cm³/mol. The molecule has 0 radical (unpaired) electrons. The van der Waals surface area contributed by atoms with Gasteiger partial charge in [0.25, 0.3) is 0 Å². The van der Waals surface area contributed by atoms with Crippen LogP contribution in [-0.4, -0.2) is 30.6 Å². The lowest BCUT2D eigenvalue weighted by atomic mass is 10.0. The van der Waals surface area contributed by atoms with Crippen molar-refractivity contribution in [2.75, 3.05) is 25.0 Å². The minimum atomic E-state index is -0.181. The molecule has 3 heteroatoms. The van der Waals surface area contributed by atoms with Gasteiger partial charge in [-0.15, -0.1) is 0 Å². The highest BCUT2D eigenvalue weighted by Gasteiger charge is 2.26. The van der Waals surface area contributed by atoms with Crippen molar-refractivity contribution < 1.29 is 4.39 Å². The Morgan fingerprint density at radius 1 is 1.33 bits per heavy atom. The highest BCUT2D eigenvalue weighted by atomic mass is 19.1. The van der Waals surface area contributed by atoms with Gasteiger partial charge in [-0.3, -0.25) is 4.90 Å². The standard InChI is InChI=1S/C15H23FN2/c1-12(2)15-4-3-10-18(15)11-9-17-14-7-5-13(16)6-8-14/h5-8,12,15,17H,3-4,9-11H2,1-2H3. The normalized spacial score (nSPS) is 20.6. The first-order chi connectivity index (χ1) is 8.66. The Balaban J connectivity index is 1.76. The van der Waals surface area contributed by atoms with Gasteiger partial charge in [-0.05, 0) is 49.6 Å². The van der Waals surface area contributed by atoms with Crippen molar-refractivity contribution in [1.29, 1.82) is 0 Å². The van der Waals surface area contributed by atoms with Gasteiger partial charge in [0, 0.05) is 24.8 Å². The molecule has 18 heavy (non-hydrogen) atoms. The predicted octanol–water partition coefficient (Wildman–Crippen LogP) is 3.36. The van der Waals surface area contributed by atoms with Crippen LogP contribution >= 0.6 is 0 Å². The van der Waals surface area contributed by atoms with Crippen LogP contribution in [0.4, 0.5) is 10.1 Å². The lowest BCUT2D eigenvalue weighted by Gasteiger charge is -2.27. The zero-order valence-corrected chi connectivity index (χ0v) is 11.3. The van der Waals surface area contributed by atoms with Gasteiger partial charge in [-0.1, -0.05) is 13.8 Å². The number of nitrogens with zero attached hydrogens (tertiary/aromatic N) is 1. The molecule has 100 valence electrons. The summed E-state index contributed by atoms with van der Waals surface area (Å²) in [6, 6.07) is 7.31. The number of hydrogen-bond acceptors (Lipinski definition) is 2. The van der Waals surface area contributed by atoms with Crippen molar-refractivity contribution in [3.05, 3.63) is 30.1 Å². The summed E-state index contributed by atoms with van der Waals surface area (Å²) in [5.41, 5.74) is 0.997. The van der Waals surface area contributed by atoms with Crippen molar-refractivity contribution in [2.45, 2.75) is 32.7 Å². The number of anilines is 1. The van der Waals surface area contributed by atoms with Gasteiger partial charge in [0.2, 0.25) is 0 Å². The maximum Gasteiger partial charge on any atom is 0.123 e. The SMILES string of the molecule is CC(C)C1CCCN1CCNc1ccc(F)cc1. The molecule has 1 aromatic rings. The van der Waals surface area contributed by atoms with Crippen LogP contribution in [0.25, 0.3) is 0 Å². The Morgan fingerprint density at radius 2 is 2.06 bits per heavy atom. The van der Waals surface area contributed by atoms with Gasteiger partial charge in [0.15, 0.2) is 0 Å². The lowest BCUT2D eigenvalue weighted by Crippen LogP contribution is -2.36. The van der Waals surface area contributed by atoms with E-state index < -0.39 is 0 Å². The maximum atomic E-state index is 12.8. The molecule has 0 spiro atoms. The van der Waals surface area contributed by atoms with Crippen LogP contribution in [0.15, 0.2) is 24.3 Å². The minimum absolute atomic E-state index is 0.181. The average Bonchev–Trinajstić information content (AvgIpc) is 2.80. The highest BCUT2D eigenvalue weighted by Crippen LogP contribution is 2.23. The summed E-state index contributed by atoms with van der Waals surface area (Å²) < 4.78 is 12.8. The quantitative estimate of drug-likeness (QED) is 0.862. The van der Waals surface area contributed by atoms with E-state index in [2.05, 4.69) is 24.1 Å². The van der Waals surface area contributed by atoms with Crippen LogP contribution in [-0.2, 0) is 0 Å². The smallest absolute Gasteiger partial charge is 0.123 e. The Morgan fingerprint density at radius 3 is 2.72 bits per heavy atom. The second kappa shape index (κ2) is 6.19. The average molecular weight is 250 g/mol. The molecule has 1 N–H and O–H groups in total. The summed E-state index contributed by atoms with van der Waals surface area (Å²) in [6.45, 7) is 7.82. The molecule has 1 atom stereocenters. The lowest BCUT2D eigenvalue weighted by molar-refractivity contribution is 0.214. The number of halogens is 1. The number of nitrogens with one attached hydrogen (secondary N) is 1. The van der Waals surface area contributed by atoms with Crippen molar-refractivity contribution in [3.63, 3.8) is 0 Å². The second-order valence-corrected chi connectivity index (χ2v) is 5.42. The Hall–Kier alpha value is -1.09. The van der Waals surface area contributed by atoms with E-state index in [1.807, 2.05) is 0 Å². The molecule has 2 rings (SSSR count). The van der Waals surface area contributed by atoms with Crippen molar-refractivity contribution in [1.82, 2.24) is 4.90 Å². The van der Waals surface area contributed by atoms with E-state index in [0.717, 1.165) is 30.7 Å². The zero-order chi connectivity index (χ0) is 13.0. The first kappa shape index (κ1) is 13.3. The van der Waals surface area contributed by atoms with Gasteiger partial charge in [-0.2, -0.15) is 0 Å². The Kier molecular flexibility index (Phi) is 4.59. The van der Waals surface area contributed by atoms with Gasteiger partial charge in [0.1, 0.15) is 5.82 Å². The Labute approximate surface area is 109 Å². The molecule has 1 aliphatic rings. The molecule has 1 aromatic carbocycles. The van der Waals surface area contributed by atoms with Crippen LogP contribution in [0, 0.1) is 11.7 Å². The molecular weight excluding hydrogens is 227 g/mol. The van der Waals surface area contributed by atoms with Crippen molar-refractivity contribution >= 4 is 5.69 Å². The molecule has 0 aliphatic carbocycles. The van der Waals surface area contributed by atoms with Gasteiger partial charge in [-0.25, -0.2) is 4.39 Å². The molecule has 2 nitrogen and oxygen atoms in total. The van der Waals surface area contributed by atoms with Crippen LogP contribution in [0.5, 0.6) is 0 Å². The minimum Gasteiger partial charge on any atom is -0.384 e. The van der Waals surface area contributed by atoms with Gasteiger partial charge < -0.3 is 5.32 Å². The molecular formula is C15H23FN2. The third-order valence-corrected chi connectivity index (χ3v) is 3.76. The molecule has 0 saturated carbocycles. The number of rotatable bonds is 5. The molecule has 0 aromatic heterocycles. The molecule has 1 unspecified atom stereocenters. The van der Waals surface area contributed by atoms with E-state index >= 15 is 0 Å². The molecule has 1 aliphatic heterocycles. The summed E-state index contributed by atoms with van der Waals surface area (Å²) in [6.07, 6.45) is 2.65. The topological polar surface area (TPSA) is 15.3 Å². The molecule has 1 fully saturated rings. The molecule has 0 amide bonds. The first-order valence-electron chi connectivity index (χ1n) is 6.90. The monoisotopic (exact) mass is 250 g/mol. The summed E-state index contributed by atoms with van der Waals surface area (Å²) in [7, 11) is 0. The van der Waals surface area contributed by atoms with Crippen LogP contribution < -0.4 is 5.32 Å². The summed E-state index contributed by atoms with van der Waals surface area (Å²) in [5, 5.41) is 3.35. The van der Waals surface area contributed by atoms with Crippen LogP contribution in [0.2, 0.25) is 0 Å². The molecule has 1 saturated heterocycles. The van der Waals surface area contributed by atoms with E-state index in [9.17, 15) is 4.39 Å².